The van der Waals surface area contributed by atoms with Crippen LogP contribution in [0.15, 0.2) is 24.5 Å². The zero-order chi connectivity index (χ0) is 16.0. The van der Waals surface area contributed by atoms with E-state index in [1.54, 1.807) is 0 Å². The van der Waals surface area contributed by atoms with Gasteiger partial charge in [0.2, 0.25) is 0 Å². The summed E-state index contributed by atoms with van der Waals surface area (Å²) in [4.78, 5) is 6.48. The SMILES string of the molecule is CC1(C)O[C@H]2O[C@H](CN3CCC[C@@H]3c3ccncc3)[C@H](O)[C@H]2O1. The molecule has 0 aliphatic carbocycles. The summed E-state index contributed by atoms with van der Waals surface area (Å²) in [6, 6.07) is 4.50. The molecule has 3 saturated heterocycles. The lowest BCUT2D eigenvalue weighted by molar-refractivity contribution is -0.216. The van der Waals surface area contributed by atoms with Crippen LogP contribution in [0.3, 0.4) is 0 Å². The van der Waals surface area contributed by atoms with Gasteiger partial charge in [-0.15, -0.1) is 0 Å². The standard InChI is InChI=1S/C17H24N2O4/c1-17(2)22-15-14(20)13(21-16(15)23-17)10-19-9-3-4-12(19)11-5-7-18-8-6-11/h5-8,12-16,20H,3-4,9-10H2,1-2H3/t12-,13-,14+,15-,16-/m1/s1. The predicted molar refractivity (Wildman–Crippen MR) is 82.5 cm³/mol. The van der Waals surface area contributed by atoms with Gasteiger partial charge in [-0.3, -0.25) is 9.88 Å². The van der Waals surface area contributed by atoms with E-state index >= 15 is 0 Å². The van der Waals surface area contributed by atoms with Gasteiger partial charge in [0.05, 0.1) is 0 Å². The zero-order valence-electron chi connectivity index (χ0n) is 13.6. The number of nitrogens with zero attached hydrogens (tertiary/aromatic N) is 2. The van der Waals surface area contributed by atoms with Crippen molar-refractivity contribution in [3.63, 3.8) is 0 Å². The molecule has 0 bridgehead atoms. The van der Waals surface area contributed by atoms with Gasteiger partial charge >= 0.3 is 0 Å². The van der Waals surface area contributed by atoms with Crippen LogP contribution >= 0.6 is 0 Å². The Labute approximate surface area is 136 Å². The molecule has 1 aromatic heterocycles. The number of hydrogen-bond acceptors (Lipinski definition) is 6. The number of rotatable bonds is 3. The van der Waals surface area contributed by atoms with Gasteiger partial charge in [-0.2, -0.15) is 0 Å². The lowest BCUT2D eigenvalue weighted by Crippen LogP contribution is -2.41. The van der Waals surface area contributed by atoms with Gasteiger partial charge in [0.25, 0.3) is 0 Å². The minimum absolute atomic E-state index is 0.275. The molecular weight excluding hydrogens is 296 g/mol. The van der Waals surface area contributed by atoms with E-state index in [9.17, 15) is 5.11 Å². The number of aromatic nitrogens is 1. The normalized spacial score (nSPS) is 39.7. The molecule has 4 rings (SSSR count). The Balaban J connectivity index is 1.43. The third kappa shape index (κ3) is 2.90. The minimum Gasteiger partial charge on any atom is -0.387 e. The first kappa shape index (κ1) is 15.5. The molecule has 1 N–H and O–H groups in total. The van der Waals surface area contributed by atoms with Crippen LogP contribution in [0.2, 0.25) is 0 Å². The first-order valence-electron chi connectivity index (χ1n) is 8.37. The molecule has 0 spiro atoms. The summed E-state index contributed by atoms with van der Waals surface area (Å²) in [6.45, 7) is 5.39. The number of ether oxygens (including phenoxy) is 3. The van der Waals surface area contributed by atoms with Gasteiger partial charge in [0.1, 0.15) is 18.3 Å². The maximum Gasteiger partial charge on any atom is 0.190 e. The average Bonchev–Trinajstić information content (AvgIpc) is 3.17. The molecule has 3 fully saturated rings. The Kier molecular flexibility index (Phi) is 3.90. The highest BCUT2D eigenvalue weighted by molar-refractivity contribution is 5.16. The minimum atomic E-state index is -0.686. The van der Waals surface area contributed by atoms with Gasteiger partial charge in [-0.1, -0.05) is 0 Å². The van der Waals surface area contributed by atoms with Crippen molar-refractivity contribution in [1.82, 2.24) is 9.88 Å². The van der Waals surface area contributed by atoms with Crippen LogP contribution in [0.1, 0.15) is 38.3 Å². The van der Waals surface area contributed by atoms with Gasteiger partial charge in [0, 0.05) is 25.0 Å². The number of pyridine rings is 1. The van der Waals surface area contributed by atoms with Gasteiger partial charge in [0.15, 0.2) is 12.1 Å². The van der Waals surface area contributed by atoms with Crippen molar-refractivity contribution in [1.29, 1.82) is 0 Å². The van der Waals surface area contributed by atoms with Crippen LogP contribution < -0.4 is 0 Å². The number of fused-ring (bicyclic) bond motifs is 1. The lowest BCUT2D eigenvalue weighted by Gasteiger charge is -2.29. The molecule has 0 saturated carbocycles. The van der Waals surface area contributed by atoms with Gasteiger partial charge in [-0.25, -0.2) is 0 Å². The Morgan fingerprint density at radius 2 is 2.09 bits per heavy atom. The number of aliphatic hydroxyl groups is 1. The fourth-order valence-electron chi connectivity index (χ4n) is 3.95. The second-order valence-corrected chi connectivity index (χ2v) is 7.07. The van der Waals surface area contributed by atoms with E-state index < -0.39 is 24.3 Å². The summed E-state index contributed by atoms with van der Waals surface area (Å²) in [5, 5.41) is 10.5. The van der Waals surface area contributed by atoms with E-state index in [-0.39, 0.29) is 6.10 Å². The number of hydrogen-bond donors (Lipinski definition) is 1. The molecular formula is C17H24N2O4. The van der Waals surface area contributed by atoms with E-state index in [1.807, 2.05) is 26.2 Å². The van der Waals surface area contributed by atoms with Crippen LogP contribution in [0.4, 0.5) is 0 Å². The Morgan fingerprint density at radius 3 is 2.83 bits per heavy atom. The summed E-state index contributed by atoms with van der Waals surface area (Å²) in [6.07, 6.45) is 4.16. The van der Waals surface area contributed by atoms with Crippen molar-refractivity contribution in [3.8, 4) is 0 Å². The summed E-state index contributed by atoms with van der Waals surface area (Å²) in [5.41, 5.74) is 1.28. The fourth-order valence-corrected chi connectivity index (χ4v) is 3.95. The van der Waals surface area contributed by atoms with Crippen LogP contribution in [-0.2, 0) is 14.2 Å². The zero-order valence-corrected chi connectivity index (χ0v) is 13.6. The van der Waals surface area contributed by atoms with Gasteiger partial charge in [-0.05, 0) is 50.9 Å². The molecule has 6 heteroatoms. The van der Waals surface area contributed by atoms with E-state index in [1.165, 1.54) is 5.56 Å². The maximum atomic E-state index is 10.5. The molecule has 126 valence electrons. The van der Waals surface area contributed by atoms with Crippen LogP contribution in [-0.4, -0.2) is 58.5 Å². The average molecular weight is 320 g/mol. The Hall–Kier alpha value is -1.05. The van der Waals surface area contributed by atoms with Crippen LogP contribution in [0.25, 0.3) is 0 Å². The number of likely N-dealkylation sites (tertiary alicyclic amines) is 1. The van der Waals surface area contributed by atoms with Crippen molar-refractivity contribution < 1.29 is 19.3 Å². The maximum absolute atomic E-state index is 10.5. The van der Waals surface area contributed by atoms with E-state index in [2.05, 4.69) is 22.0 Å². The highest BCUT2D eigenvalue weighted by Gasteiger charge is 2.54. The molecule has 3 aliphatic heterocycles. The van der Waals surface area contributed by atoms with Gasteiger partial charge < -0.3 is 19.3 Å². The monoisotopic (exact) mass is 320 g/mol. The van der Waals surface area contributed by atoms with Crippen molar-refractivity contribution in [2.24, 2.45) is 0 Å². The van der Waals surface area contributed by atoms with Crippen molar-refractivity contribution in [3.05, 3.63) is 30.1 Å². The molecule has 1 aromatic rings. The second-order valence-electron chi connectivity index (χ2n) is 7.07. The topological polar surface area (TPSA) is 64.1 Å². The molecule has 4 heterocycles. The second kappa shape index (κ2) is 5.79. The van der Waals surface area contributed by atoms with Crippen molar-refractivity contribution >= 4 is 0 Å². The quantitative estimate of drug-likeness (QED) is 0.909. The van der Waals surface area contributed by atoms with E-state index in [0.717, 1.165) is 19.4 Å². The lowest BCUT2D eigenvalue weighted by atomic mass is 10.1. The highest BCUT2D eigenvalue weighted by atomic mass is 16.8. The molecule has 5 atom stereocenters. The van der Waals surface area contributed by atoms with Crippen molar-refractivity contribution in [2.45, 2.75) is 63.1 Å². The Morgan fingerprint density at radius 1 is 1.30 bits per heavy atom. The van der Waals surface area contributed by atoms with Crippen LogP contribution in [0.5, 0.6) is 0 Å². The third-order valence-corrected chi connectivity index (χ3v) is 4.98. The summed E-state index contributed by atoms with van der Waals surface area (Å²) in [7, 11) is 0. The summed E-state index contributed by atoms with van der Waals surface area (Å²) < 4.78 is 17.4. The third-order valence-electron chi connectivity index (χ3n) is 4.98. The summed E-state index contributed by atoms with van der Waals surface area (Å²) in [5.74, 6) is -0.686. The first-order valence-corrected chi connectivity index (χ1v) is 8.37. The smallest absolute Gasteiger partial charge is 0.190 e. The molecule has 0 radical (unpaired) electrons. The molecule has 23 heavy (non-hydrogen) atoms. The Bertz CT molecular complexity index is 553. The molecule has 0 amide bonds. The molecule has 0 unspecified atom stereocenters. The largest absolute Gasteiger partial charge is 0.387 e. The fraction of sp³-hybridized carbons (Fsp3) is 0.706. The van der Waals surface area contributed by atoms with E-state index in [4.69, 9.17) is 14.2 Å². The predicted octanol–water partition coefficient (Wildman–Crippen LogP) is 1.46. The van der Waals surface area contributed by atoms with Crippen molar-refractivity contribution in [2.75, 3.05) is 13.1 Å². The molecule has 3 aliphatic rings. The van der Waals surface area contributed by atoms with E-state index in [0.29, 0.717) is 12.6 Å². The first-order chi connectivity index (χ1) is 11.0. The molecule has 0 aromatic carbocycles. The highest BCUT2D eigenvalue weighted by Crippen LogP contribution is 2.39. The summed E-state index contributed by atoms with van der Waals surface area (Å²) >= 11 is 0. The molecule has 6 nitrogen and oxygen atoms in total. The number of aliphatic hydroxyl groups excluding tert-OH is 1. The van der Waals surface area contributed by atoms with Crippen LogP contribution in [0, 0.1) is 0 Å².